The SMILES string of the molecule is CCCCCCCC/C=C\CCCCCCCC(=O)CCCCCCCCCCCCCCC(=O)NC[C@@H](O)CCCCCCCCCCCCCCCC. The van der Waals surface area contributed by atoms with E-state index in [2.05, 4.69) is 31.3 Å². The van der Waals surface area contributed by atoms with Crippen LogP contribution in [0.15, 0.2) is 12.2 Å². The van der Waals surface area contributed by atoms with E-state index in [-0.39, 0.29) is 5.91 Å². The summed E-state index contributed by atoms with van der Waals surface area (Å²) in [5, 5.41) is 13.2. The van der Waals surface area contributed by atoms with Crippen LogP contribution >= 0.6 is 0 Å². The molecule has 0 rings (SSSR count). The molecule has 1 amide bonds. The van der Waals surface area contributed by atoms with Crippen LogP contribution in [-0.4, -0.2) is 29.4 Å². The Balaban J connectivity index is 3.31. The maximum absolute atomic E-state index is 12.2. The van der Waals surface area contributed by atoms with Crippen molar-refractivity contribution in [1.82, 2.24) is 5.32 Å². The Hall–Kier alpha value is -1.16. The lowest BCUT2D eigenvalue weighted by molar-refractivity contribution is -0.121. The summed E-state index contributed by atoms with van der Waals surface area (Å²) in [7, 11) is 0. The molecule has 0 aromatic carbocycles. The predicted octanol–water partition coefficient (Wildman–Crippen LogP) is 16.4. The van der Waals surface area contributed by atoms with E-state index in [9.17, 15) is 14.7 Å². The minimum Gasteiger partial charge on any atom is -0.391 e. The Morgan fingerprint density at radius 2 is 0.691 bits per heavy atom. The van der Waals surface area contributed by atoms with Crippen LogP contribution in [-0.2, 0) is 9.59 Å². The molecule has 0 spiro atoms. The normalized spacial score (nSPS) is 12.2. The molecule has 326 valence electrons. The second kappa shape index (κ2) is 47.2. The van der Waals surface area contributed by atoms with Crippen molar-refractivity contribution in [3.63, 3.8) is 0 Å². The van der Waals surface area contributed by atoms with Gasteiger partial charge >= 0.3 is 0 Å². The van der Waals surface area contributed by atoms with Gasteiger partial charge in [-0.3, -0.25) is 9.59 Å². The van der Waals surface area contributed by atoms with Gasteiger partial charge in [0.05, 0.1) is 6.10 Å². The Morgan fingerprint density at radius 3 is 1.05 bits per heavy atom. The highest BCUT2D eigenvalue weighted by atomic mass is 16.3. The number of unbranched alkanes of at least 4 members (excludes halogenated alkanes) is 35. The van der Waals surface area contributed by atoms with Gasteiger partial charge in [-0.1, -0.05) is 231 Å². The fraction of sp³-hybridized carbons (Fsp3) is 0.922. The molecule has 0 aliphatic carbocycles. The van der Waals surface area contributed by atoms with Gasteiger partial charge in [0.15, 0.2) is 0 Å². The van der Waals surface area contributed by atoms with E-state index >= 15 is 0 Å². The second-order valence-electron chi connectivity index (χ2n) is 17.5. The Bertz CT molecular complexity index is 795. The number of Topliss-reactive ketones (excluding diaryl/α,β-unsaturated/α-hetero) is 1. The average Bonchev–Trinajstić information content (AvgIpc) is 3.18. The van der Waals surface area contributed by atoms with Crippen LogP contribution in [0.3, 0.4) is 0 Å². The Labute approximate surface area is 345 Å². The van der Waals surface area contributed by atoms with Crippen LogP contribution in [0, 0.1) is 0 Å². The fourth-order valence-corrected chi connectivity index (χ4v) is 7.89. The summed E-state index contributed by atoms with van der Waals surface area (Å²) < 4.78 is 0. The zero-order chi connectivity index (χ0) is 40.0. The molecule has 55 heavy (non-hydrogen) atoms. The van der Waals surface area contributed by atoms with E-state index in [0.717, 1.165) is 51.4 Å². The third kappa shape index (κ3) is 47.1. The van der Waals surface area contributed by atoms with E-state index < -0.39 is 6.10 Å². The van der Waals surface area contributed by atoms with Crippen LogP contribution in [0.2, 0.25) is 0 Å². The van der Waals surface area contributed by atoms with Crippen LogP contribution in [0.1, 0.15) is 290 Å². The van der Waals surface area contributed by atoms with Gasteiger partial charge in [0.1, 0.15) is 5.78 Å². The van der Waals surface area contributed by atoms with E-state index in [1.165, 1.54) is 218 Å². The first-order valence-corrected chi connectivity index (χ1v) is 25.2. The summed E-state index contributed by atoms with van der Waals surface area (Å²) in [6.45, 7) is 4.97. The Morgan fingerprint density at radius 1 is 0.400 bits per heavy atom. The van der Waals surface area contributed by atoms with E-state index in [1.54, 1.807) is 0 Å². The monoisotopic (exact) mass is 774 g/mol. The number of hydrogen-bond donors (Lipinski definition) is 2. The van der Waals surface area contributed by atoms with Crippen molar-refractivity contribution in [2.45, 2.75) is 296 Å². The lowest BCUT2D eigenvalue weighted by Gasteiger charge is -2.12. The molecule has 1 atom stereocenters. The molecule has 0 unspecified atom stereocenters. The number of amides is 1. The van der Waals surface area contributed by atoms with Gasteiger partial charge in [-0.25, -0.2) is 0 Å². The van der Waals surface area contributed by atoms with Crippen molar-refractivity contribution in [1.29, 1.82) is 0 Å². The maximum Gasteiger partial charge on any atom is 0.220 e. The highest BCUT2D eigenvalue weighted by Gasteiger charge is 2.07. The summed E-state index contributed by atoms with van der Waals surface area (Å²) in [5.74, 6) is 0.588. The standard InChI is InChI=1S/C51H99NO3/c1-3-5-7-9-11-13-15-17-19-21-24-28-32-36-40-44-49(53)45-41-37-33-29-25-22-23-27-31-35-39-43-47-51(55)52-48-50(54)46-42-38-34-30-26-20-18-16-14-12-10-8-6-4-2/h17,19,50,54H,3-16,18,20-48H2,1-2H3,(H,52,55)/b19-17-/t50-/m0/s1. The second-order valence-corrected chi connectivity index (χ2v) is 17.5. The van der Waals surface area contributed by atoms with Gasteiger partial charge in [0.25, 0.3) is 0 Å². The van der Waals surface area contributed by atoms with E-state index in [1.807, 2.05) is 0 Å². The molecule has 0 aromatic heterocycles. The van der Waals surface area contributed by atoms with Crippen molar-refractivity contribution in [2.24, 2.45) is 0 Å². The number of ketones is 1. The third-order valence-electron chi connectivity index (χ3n) is 11.8. The largest absolute Gasteiger partial charge is 0.391 e. The number of carbonyl (C=O) groups excluding carboxylic acids is 2. The molecular formula is C51H99NO3. The minimum atomic E-state index is -0.400. The highest BCUT2D eigenvalue weighted by molar-refractivity contribution is 5.78. The summed E-state index contributed by atoms with van der Waals surface area (Å²) in [5.41, 5.74) is 0. The average molecular weight is 774 g/mol. The first-order valence-electron chi connectivity index (χ1n) is 25.2. The Kier molecular flexibility index (Phi) is 46.2. The molecule has 0 saturated carbocycles. The summed E-state index contributed by atoms with van der Waals surface area (Å²) in [6.07, 6.45) is 58.0. The highest BCUT2D eigenvalue weighted by Crippen LogP contribution is 2.16. The fourth-order valence-electron chi connectivity index (χ4n) is 7.89. The van der Waals surface area contributed by atoms with Crippen LogP contribution in [0.4, 0.5) is 0 Å². The number of nitrogens with one attached hydrogen (secondary N) is 1. The molecule has 2 N–H and O–H groups in total. The quantitative estimate of drug-likeness (QED) is 0.0478. The van der Waals surface area contributed by atoms with Crippen LogP contribution in [0.25, 0.3) is 0 Å². The minimum absolute atomic E-state index is 0.0998. The first kappa shape index (κ1) is 53.8. The topological polar surface area (TPSA) is 66.4 Å². The number of allylic oxidation sites excluding steroid dienone is 2. The summed E-state index contributed by atoms with van der Waals surface area (Å²) in [6, 6.07) is 0. The molecule has 0 fully saturated rings. The molecule has 4 nitrogen and oxygen atoms in total. The summed E-state index contributed by atoms with van der Waals surface area (Å²) in [4.78, 5) is 24.4. The van der Waals surface area contributed by atoms with Gasteiger partial charge in [0.2, 0.25) is 5.91 Å². The van der Waals surface area contributed by atoms with Crippen LogP contribution < -0.4 is 5.32 Å². The zero-order valence-electron chi connectivity index (χ0n) is 37.6. The van der Waals surface area contributed by atoms with E-state index in [0.29, 0.717) is 18.7 Å². The van der Waals surface area contributed by atoms with Gasteiger partial charge in [-0.15, -0.1) is 0 Å². The van der Waals surface area contributed by atoms with Gasteiger partial charge in [0, 0.05) is 25.8 Å². The molecule has 0 aromatic rings. The lowest BCUT2D eigenvalue weighted by Crippen LogP contribution is -2.31. The molecule has 4 heteroatoms. The molecule has 0 aliphatic heterocycles. The molecular weight excluding hydrogens is 675 g/mol. The molecule has 0 saturated heterocycles. The van der Waals surface area contributed by atoms with Gasteiger partial charge in [-0.2, -0.15) is 0 Å². The van der Waals surface area contributed by atoms with Crippen molar-refractivity contribution in [3.8, 4) is 0 Å². The maximum atomic E-state index is 12.2. The molecule has 0 aliphatic rings. The predicted molar refractivity (Wildman–Crippen MR) is 243 cm³/mol. The molecule has 0 radical (unpaired) electrons. The smallest absolute Gasteiger partial charge is 0.220 e. The third-order valence-corrected chi connectivity index (χ3v) is 11.8. The first-order chi connectivity index (χ1) is 27.1. The van der Waals surface area contributed by atoms with Crippen molar-refractivity contribution in [3.05, 3.63) is 12.2 Å². The van der Waals surface area contributed by atoms with E-state index in [4.69, 9.17) is 0 Å². The van der Waals surface area contributed by atoms with Crippen molar-refractivity contribution in [2.75, 3.05) is 6.54 Å². The number of aliphatic hydroxyl groups excluding tert-OH is 1. The molecule has 0 bridgehead atoms. The van der Waals surface area contributed by atoms with Crippen molar-refractivity contribution < 1.29 is 14.7 Å². The number of rotatable bonds is 47. The van der Waals surface area contributed by atoms with Crippen LogP contribution in [0.5, 0.6) is 0 Å². The number of carbonyl (C=O) groups is 2. The molecule has 0 heterocycles. The van der Waals surface area contributed by atoms with Crippen molar-refractivity contribution >= 4 is 11.7 Å². The summed E-state index contributed by atoms with van der Waals surface area (Å²) >= 11 is 0. The van der Waals surface area contributed by atoms with Gasteiger partial charge < -0.3 is 10.4 Å². The van der Waals surface area contributed by atoms with Gasteiger partial charge in [-0.05, 0) is 51.4 Å². The number of aliphatic hydroxyl groups is 1. The zero-order valence-corrected chi connectivity index (χ0v) is 37.6. The number of hydrogen-bond acceptors (Lipinski definition) is 3. The lowest BCUT2D eigenvalue weighted by atomic mass is 10.0.